The summed E-state index contributed by atoms with van der Waals surface area (Å²) in [4.78, 5) is 18.5. The summed E-state index contributed by atoms with van der Waals surface area (Å²) in [5.41, 5.74) is 3.17. The Labute approximate surface area is 138 Å². The number of fused-ring (bicyclic) bond motifs is 1. The Hall–Kier alpha value is -2.83. The van der Waals surface area contributed by atoms with E-state index in [1.165, 1.54) is 0 Å². The van der Waals surface area contributed by atoms with Crippen molar-refractivity contribution in [2.24, 2.45) is 0 Å². The molecule has 4 heterocycles. The first kappa shape index (κ1) is 14.7. The molecule has 1 fully saturated rings. The van der Waals surface area contributed by atoms with Crippen molar-refractivity contribution < 1.29 is 13.7 Å². The van der Waals surface area contributed by atoms with Crippen LogP contribution in [0.1, 0.15) is 17.2 Å². The van der Waals surface area contributed by atoms with Crippen molar-refractivity contribution in [1.82, 2.24) is 15.5 Å². The molecule has 124 valence electrons. The number of furan rings is 1. The van der Waals surface area contributed by atoms with E-state index in [1.54, 1.807) is 0 Å². The molecule has 0 aromatic carbocycles. The number of carbonyl (C=O) groups is 1. The van der Waals surface area contributed by atoms with E-state index in [4.69, 9.17) is 13.9 Å². The minimum atomic E-state index is -0.0118. The number of rotatable bonds is 2. The first-order chi connectivity index (χ1) is 11.5. The van der Waals surface area contributed by atoms with Crippen LogP contribution in [0.4, 0.5) is 5.82 Å². The van der Waals surface area contributed by atoms with E-state index < -0.39 is 0 Å². The molecule has 4 rings (SSSR count). The predicted molar refractivity (Wildman–Crippen MR) is 88.9 cm³/mol. The highest BCUT2D eigenvalue weighted by molar-refractivity contribution is 5.93. The minimum absolute atomic E-state index is 0.0118. The Morgan fingerprint density at radius 3 is 2.79 bits per heavy atom. The lowest BCUT2D eigenvalue weighted by Crippen LogP contribution is -2.48. The molecule has 0 radical (unpaired) electrons. The van der Waals surface area contributed by atoms with E-state index in [1.807, 2.05) is 37.8 Å². The van der Waals surface area contributed by atoms with Gasteiger partial charge in [-0.2, -0.15) is 0 Å². The molecule has 0 aliphatic carbocycles. The molecule has 1 aliphatic rings. The van der Waals surface area contributed by atoms with E-state index in [0.29, 0.717) is 24.5 Å². The summed E-state index contributed by atoms with van der Waals surface area (Å²) in [6.45, 7) is 7.23. The van der Waals surface area contributed by atoms with Gasteiger partial charge in [-0.05, 0) is 32.9 Å². The molecule has 0 unspecified atom stereocenters. The molecule has 1 aliphatic heterocycles. The van der Waals surface area contributed by atoms with Gasteiger partial charge < -0.3 is 19.2 Å². The van der Waals surface area contributed by atoms with Gasteiger partial charge in [-0.3, -0.25) is 4.79 Å². The summed E-state index contributed by atoms with van der Waals surface area (Å²) in [5.74, 6) is 2.21. The largest absolute Gasteiger partial charge is 0.457 e. The molecule has 0 atom stereocenters. The van der Waals surface area contributed by atoms with Gasteiger partial charge in [-0.25, -0.2) is 4.98 Å². The maximum atomic E-state index is 11.8. The highest BCUT2D eigenvalue weighted by Crippen LogP contribution is 2.34. The number of pyridine rings is 1. The summed E-state index contributed by atoms with van der Waals surface area (Å²) >= 11 is 0. The number of nitrogens with one attached hydrogen (secondary N) is 1. The first-order valence-electron chi connectivity index (χ1n) is 7.89. The Morgan fingerprint density at radius 1 is 1.25 bits per heavy atom. The minimum Gasteiger partial charge on any atom is -0.457 e. The van der Waals surface area contributed by atoms with Crippen LogP contribution in [0.15, 0.2) is 21.1 Å². The van der Waals surface area contributed by atoms with Crippen LogP contribution in [0, 0.1) is 20.8 Å². The smallest absolute Gasteiger partial charge is 0.239 e. The van der Waals surface area contributed by atoms with Crippen LogP contribution in [0.5, 0.6) is 0 Å². The van der Waals surface area contributed by atoms with E-state index in [-0.39, 0.29) is 12.5 Å². The van der Waals surface area contributed by atoms with Crippen LogP contribution in [0.25, 0.3) is 22.2 Å². The molecule has 3 aromatic heterocycles. The fourth-order valence-electron chi connectivity index (χ4n) is 3.17. The average molecular weight is 326 g/mol. The molecular formula is C17H18N4O3. The average Bonchev–Trinajstić information content (AvgIpc) is 3.07. The van der Waals surface area contributed by atoms with Crippen LogP contribution >= 0.6 is 0 Å². The van der Waals surface area contributed by atoms with Crippen LogP contribution in [0.2, 0.25) is 0 Å². The highest BCUT2D eigenvalue weighted by Gasteiger charge is 2.24. The Morgan fingerprint density at radius 2 is 2.08 bits per heavy atom. The van der Waals surface area contributed by atoms with Gasteiger partial charge >= 0.3 is 0 Å². The third-order valence-electron chi connectivity index (χ3n) is 4.23. The number of aromatic nitrogens is 2. The second kappa shape index (κ2) is 5.36. The van der Waals surface area contributed by atoms with Crippen molar-refractivity contribution >= 4 is 22.7 Å². The summed E-state index contributed by atoms with van der Waals surface area (Å²) < 4.78 is 11.1. The molecule has 24 heavy (non-hydrogen) atoms. The standard InChI is InChI=1S/C17H18N4O3/c1-9-6-12-7-13(15-10(2)20-24-11(15)3)19-17(16(12)23-9)21-5-4-18-14(22)8-21/h6-7H,4-5,8H2,1-3H3,(H,18,22). The number of hydrogen-bond acceptors (Lipinski definition) is 6. The Kier molecular flexibility index (Phi) is 3.30. The molecule has 0 saturated carbocycles. The van der Waals surface area contributed by atoms with Crippen molar-refractivity contribution in [3.63, 3.8) is 0 Å². The maximum Gasteiger partial charge on any atom is 0.239 e. The maximum absolute atomic E-state index is 11.8. The third kappa shape index (κ3) is 2.33. The van der Waals surface area contributed by atoms with Gasteiger partial charge in [0.25, 0.3) is 0 Å². The molecule has 1 saturated heterocycles. The number of carbonyl (C=O) groups excluding carboxylic acids is 1. The van der Waals surface area contributed by atoms with Crippen molar-refractivity contribution in [2.75, 3.05) is 24.5 Å². The summed E-state index contributed by atoms with van der Waals surface area (Å²) in [6, 6.07) is 3.96. The van der Waals surface area contributed by atoms with Crippen molar-refractivity contribution in [3.8, 4) is 11.3 Å². The van der Waals surface area contributed by atoms with Crippen LogP contribution in [-0.2, 0) is 4.79 Å². The number of nitrogens with zero attached hydrogens (tertiary/aromatic N) is 3. The Balaban J connectivity index is 1.92. The first-order valence-corrected chi connectivity index (χ1v) is 7.89. The Bertz CT molecular complexity index is 921. The van der Waals surface area contributed by atoms with Crippen LogP contribution in [-0.4, -0.2) is 35.7 Å². The number of hydrogen-bond donors (Lipinski definition) is 1. The fourth-order valence-corrected chi connectivity index (χ4v) is 3.17. The van der Waals surface area contributed by atoms with Gasteiger partial charge in [0.1, 0.15) is 11.5 Å². The third-order valence-corrected chi connectivity index (χ3v) is 4.23. The molecular weight excluding hydrogens is 308 g/mol. The predicted octanol–water partition coefficient (Wildman–Crippen LogP) is 2.34. The van der Waals surface area contributed by atoms with Gasteiger partial charge in [-0.15, -0.1) is 0 Å². The van der Waals surface area contributed by atoms with Crippen molar-refractivity contribution in [3.05, 3.63) is 29.3 Å². The quantitative estimate of drug-likeness (QED) is 0.778. The number of anilines is 1. The topological polar surface area (TPSA) is 84.4 Å². The summed E-state index contributed by atoms with van der Waals surface area (Å²) in [7, 11) is 0. The normalized spacial score (nSPS) is 15.1. The molecule has 0 bridgehead atoms. The van der Waals surface area contributed by atoms with Crippen LogP contribution < -0.4 is 10.2 Å². The van der Waals surface area contributed by atoms with Gasteiger partial charge in [0, 0.05) is 18.5 Å². The highest BCUT2D eigenvalue weighted by atomic mass is 16.5. The molecule has 3 aromatic rings. The van der Waals surface area contributed by atoms with Crippen molar-refractivity contribution in [1.29, 1.82) is 0 Å². The second-order valence-electron chi connectivity index (χ2n) is 6.08. The molecule has 1 amide bonds. The van der Waals surface area contributed by atoms with Gasteiger partial charge in [0.05, 0.1) is 23.5 Å². The molecule has 7 nitrogen and oxygen atoms in total. The second-order valence-corrected chi connectivity index (χ2v) is 6.08. The lowest BCUT2D eigenvalue weighted by Gasteiger charge is -2.27. The van der Waals surface area contributed by atoms with Gasteiger partial charge in [0.15, 0.2) is 11.4 Å². The number of piperazine rings is 1. The summed E-state index contributed by atoms with van der Waals surface area (Å²) in [6.07, 6.45) is 0. The SMILES string of the molecule is Cc1cc2cc(-c3c(C)noc3C)nc(N3CCNC(=O)C3)c2o1. The molecule has 0 spiro atoms. The van der Waals surface area contributed by atoms with Crippen LogP contribution in [0.3, 0.4) is 0 Å². The summed E-state index contributed by atoms with van der Waals surface area (Å²) in [5, 5.41) is 7.80. The number of aryl methyl sites for hydroxylation is 3. The zero-order chi connectivity index (χ0) is 16.8. The van der Waals surface area contributed by atoms with E-state index in [9.17, 15) is 4.79 Å². The lowest BCUT2D eigenvalue weighted by atomic mass is 10.1. The van der Waals surface area contributed by atoms with Crippen molar-refractivity contribution in [2.45, 2.75) is 20.8 Å². The lowest BCUT2D eigenvalue weighted by molar-refractivity contribution is -0.120. The zero-order valence-corrected chi connectivity index (χ0v) is 13.8. The number of amides is 1. The zero-order valence-electron chi connectivity index (χ0n) is 13.8. The van der Waals surface area contributed by atoms with E-state index in [0.717, 1.165) is 33.9 Å². The van der Waals surface area contributed by atoms with Gasteiger partial charge in [-0.1, -0.05) is 5.16 Å². The molecule has 1 N–H and O–H groups in total. The van der Waals surface area contributed by atoms with E-state index in [2.05, 4.69) is 10.5 Å². The fraction of sp³-hybridized carbons (Fsp3) is 0.353. The molecule has 7 heteroatoms. The monoisotopic (exact) mass is 326 g/mol. The van der Waals surface area contributed by atoms with Gasteiger partial charge in [0.2, 0.25) is 5.91 Å². The van der Waals surface area contributed by atoms with E-state index >= 15 is 0 Å².